The van der Waals surface area contributed by atoms with E-state index in [9.17, 15) is 10.1 Å². The zero-order chi connectivity index (χ0) is 12.0. The molecule has 0 spiro atoms. The lowest BCUT2D eigenvalue weighted by molar-refractivity contribution is -0.385. The van der Waals surface area contributed by atoms with Gasteiger partial charge < -0.3 is 5.32 Å². The first kappa shape index (κ1) is 11.7. The molecule has 0 aliphatic rings. The van der Waals surface area contributed by atoms with Crippen molar-refractivity contribution in [2.45, 2.75) is 6.42 Å². The molecule has 1 aromatic carbocycles. The van der Waals surface area contributed by atoms with E-state index in [-0.39, 0.29) is 11.3 Å². The zero-order valence-corrected chi connectivity index (χ0v) is 8.64. The second kappa shape index (κ2) is 5.51. The van der Waals surface area contributed by atoms with Crippen LogP contribution in [0.25, 0.3) is 0 Å². The summed E-state index contributed by atoms with van der Waals surface area (Å²) in [6.07, 6.45) is 2.53. The van der Waals surface area contributed by atoms with Crippen LogP contribution in [0.5, 0.6) is 0 Å². The minimum atomic E-state index is -0.558. The van der Waals surface area contributed by atoms with Crippen LogP contribution in [0.3, 0.4) is 0 Å². The second-order valence-electron chi connectivity index (χ2n) is 3.10. The van der Waals surface area contributed by atoms with Crippen molar-refractivity contribution in [1.82, 2.24) is 0 Å². The normalized spacial score (nSPS) is 9.19. The highest BCUT2D eigenvalue weighted by Crippen LogP contribution is 2.22. The van der Waals surface area contributed by atoms with Crippen molar-refractivity contribution >= 4 is 11.4 Å². The van der Waals surface area contributed by atoms with Crippen LogP contribution in [0, 0.1) is 21.4 Å². The fraction of sp³-hybridized carbons (Fsp3) is 0.182. The molecule has 82 valence electrons. The third-order valence-electron chi connectivity index (χ3n) is 1.99. The molecule has 0 atom stereocenters. The molecule has 1 rings (SSSR count). The number of rotatable bonds is 5. The molecule has 0 aliphatic carbocycles. The van der Waals surface area contributed by atoms with Crippen LogP contribution >= 0.6 is 0 Å². The topological polar surface area (TPSA) is 79.0 Å². The van der Waals surface area contributed by atoms with Gasteiger partial charge in [0, 0.05) is 18.3 Å². The lowest BCUT2D eigenvalue weighted by Gasteiger charge is -2.04. The number of nitriles is 1. The maximum Gasteiger partial charge on any atom is 0.289 e. The van der Waals surface area contributed by atoms with E-state index in [1.807, 2.05) is 0 Å². The molecular weight excluding hydrogens is 206 g/mol. The summed E-state index contributed by atoms with van der Waals surface area (Å²) >= 11 is 0. The maximum atomic E-state index is 10.7. The predicted molar refractivity (Wildman–Crippen MR) is 61.1 cm³/mol. The van der Waals surface area contributed by atoms with Gasteiger partial charge in [0.25, 0.3) is 5.69 Å². The fourth-order valence-corrected chi connectivity index (χ4v) is 1.21. The third kappa shape index (κ3) is 2.82. The van der Waals surface area contributed by atoms with Crippen molar-refractivity contribution in [3.8, 4) is 6.07 Å². The van der Waals surface area contributed by atoms with Crippen molar-refractivity contribution in [3.63, 3.8) is 0 Å². The van der Waals surface area contributed by atoms with Crippen LogP contribution in [0.1, 0.15) is 12.0 Å². The molecule has 0 saturated carbocycles. The Morgan fingerprint density at radius 2 is 2.38 bits per heavy atom. The third-order valence-corrected chi connectivity index (χ3v) is 1.99. The Morgan fingerprint density at radius 1 is 1.62 bits per heavy atom. The van der Waals surface area contributed by atoms with Gasteiger partial charge in [0.1, 0.15) is 11.6 Å². The molecule has 0 amide bonds. The van der Waals surface area contributed by atoms with Crippen molar-refractivity contribution < 1.29 is 4.92 Å². The lowest BCUT2D eigenvalue weighted by atomic mass is 10.2. The van der Waals surface area contributed by atoms with E-state index in [0.717, 1.165) is 6.42 Å². The Hall–Kier alpha value is -2.35. The first-order chi connectivity index (χ1) is 7.69. The summed E-state index contributed by atoms with van der Waals surface area (Å²) in [6, 6.07) is 6.23. The molecule has 0 aromatic heterocycles. The number of benzene rings is 1. The van der Waals surface area contributed by atoms with Crippen LogP contribution in [-0.4, -0.2) is 11.5 Å². The number of nitro benzene ring substituents is 1. The summed E-state index contributed by atoms with van der Waals surface area (Å²) in [6.45, 7) is 4.23. The Balaban J connectivity index is 2.90. The van der Waals surface area contributed by atoms with Gasteiger partial charge in [0.15, 0.2) is 0 Å². The molecule has 5 heteroatoms. The van der Waals surface area contributed by atoms with Gasteiger partial charge in [0.2, 0.25) is 0 Å². The molecule has 5 nitrogen and oxygen atoms in total. The summed E-state index contributed by atoms with van der Waals surface area (Å²) < 4.78 is 0. The zero-order valence-electron chi connectivity index (χ0n) is 8.64. The fourth-order valence-electron chi connectivity index (χ4n) is 1.21. The van der Waals surface area contributed by atoms with Crippen molar-refractivity contribution in [2.24, 2.45) is 0 Å². The minimum absolute atomic E-state index is 0.0688. The summed E-state index contributed by atoms with van der Waals surface area (Å²) in [5.41, 5.74) is 0.526. The van der Waals surface area contributed by atoms with E-state index in [1.54, 1.807) is 18.2 Å². The summed E-state index contributed by atoms with van der Waals surface area (Å²) in [5.74, 6) is 0. The van der Waals surface area contributed by atoms with E-state index in [0.29, 0.717) is 12.2 Å². The molecular formula is C11H11N3O2. The molecule has 0 fully saturated rings. The number of hydrogen-bond donors (Lipinski definition) is 1. The Kier molecular flexibility index (Phi) is 4.04. The average Bonchev–Trinajstić information content (AvgIpc) is 2.29. The Bertz CT molecular complexity index is 449. The highest BCUT2D eigenvalue weighted by molar-refractivity contribution is 5.59. The molecule has 0 unspecified atom stereocenters. The molecule has 0 aliphatic heterocycles. The van der Waals surface area contributed by atoms with Crippen LogP contribution in [0.15, 0.2) is 30.9 Å². The summed E-state index contributed by atoms with van der Waals surface area (Å²) in [5, 5.41) is 22.4. The summed E-state index contributed by atoms with van der Waals surface area (Å²) in [7, 11) is 0. The maximum absolute atomic E-state index is 10.7. The van der Waals surface area contributed by atoms with E-state index in [2.05, 4.69) is 11.9 Å². The smallest absolute Gasteiger partial charge is 0.289 e. The first-order valence-electron chi connectivity index (χ1n) is 4.72. The van der Waals surface area contributed by atoms with Crippen LogP contribution in [-0.2, 0) is 0 Å². The van der Waals surface area contributed by atoms with Crippen LogP contribution in [0.2, 0.25) is 0 Å². The number of nitrogens with zero attached hydrogens (tertiary/aromatic N) is 2. The SMILES string of the molecule is C=CCCNc1ccc(C#N)c([N+](=O)[O-])c1. The first-order valence-corrected chi connectivity index (χ1v) is 4.72. The quantitative estimate of drug-likeness (QED) is 0.355. The van der Waals surface area contributed by atoms with Crippen molar-refractivity contribution in [1.29, 1.82) is 5.26 Å². The van der Waals surface area contributed by atoms with E-state index >= 15 is 0 Å². The number of nitro groups is 1. The van der Waals surface area contributed by atoms with E-state index in [1.165, 1.54) is 12.1 Å². The highest BCUT2D eigenvalue weighted by atomic mass is 16.6. The van der Waals surface area contributed by atoms with Crippen LogP contribution in [0.4, 0.5) is 11.4 Å². The van der Waals surface area contributed by atoms with Crippen molar-refractivity contribution in [3.05, 3.63) is 46.5 Å². The van der Waals surface area contributed by atoms with Crippen LogP contribution < -0.4 is 5.32 Å². The van der Waals surface area contributed by atoms with Gasteiger partial charge in [-0.3, -0.25) is 10.1 Å². The number of nitrogens with one attached hydrogen (secondary N) is 1. The molecule has 1 aromatic rings. The standard InChI is InChI=1S/C11H11N3O2/c1-2-3-6-13-10-5-4-9(8-12)11(7-10)14(15)16/h2,4-5,7,13H,1,3,6H2. The van der Waals surface area contributed by atoms with Gasteiger partial charge in [-0.2, -0.15) is 5.26 Å². The predicted octanol–water partition coefficient (Wildman–Crippen LogP) is 2.45. The molecule has 0 heterocycles. The van der Waals surface area contributed by atoms with Gasteiger partial charge in [-0.25, -0.2) is 0 Å². The Labute approximate surface area is 93.2 Å². The highest BCUT2D eigenvalue weighted by Gasteiger charge is 2.13. The number of hydrogen-bond acceptors (Lipinski definition) is 4. The minimum Gasteiger partial charge on any atom is -0.385 e. The molecule has 0 saturated heterocycles. The molecule has 0 bridgehead atoms. The molecule has 0 radical (unpaired) electrons. The van der Waals surface area contributed by atoms with E-state index < -0.39 is 4.92 Å². The van der Waals surface area contributed by atoms with E-state index in [4.69, 9.17) is 5.26 Å². The number of anilines is 1. The monoisotopic (exact) mass is 217 g/mol. The van der Waals surface area contributed by atoms with Gasteiger partial charge in [-0.05, 0) is 18.6 Å². The van der Waals surface area contributed by atoms with Gasteiger partial charge in [-0.15, -0.1) is 6.58 Å². The lowest BCUT2D eigenvalue weighted by Crippen LogP contribution is -2.01. The molecule has 16 heavy (non-hydrogen) atoms. The van der Waals surface area contributed by atoms with Gasteiger partial charge in [0.05, 0.1) is 4.92 Å². The Morgan fingerprint density at radius 3 is 2.94 bits per heavy atom. The molecule has 1 N–H and O–H groups in total. The van der Waals surface area contributed by atoms with Crippen molar-refractivity contribution in [2.75, 3.05) is 11.9 Å². The van der Waals surface area contributed by atoms with Gasteiger partial charge in [-0.1, -0.05) is 6.08 Å². The van der Waals surface area contributed by atoms with Gasteiger partial charge >= 0.3 is 0 Å². The summed E-state index contributed by atoms with van der Waals surface area (Å²) in [4.78, 5) is 10.1. The second-order valence-corrected chi connectivity index (χ2v) is 3.10. The average molecular weight is 217 g/mol. The largest absolute Gasteiger partial charge is 0.385 e.